The molecule has 1 aromatic rings. The number of fused-ring (bicyclic) bond motifs is 1. The molecule has 0 saturated carbocycles. The number of carbonyl (C=O) groups excluding carboxylic acids is 1. The maximum atomic E-state index is 11.7. The number of nitrogens with zero attached hydrogens (tertiary/aromatic N) is 4. The summed E-state index contributed by atoms with van der Waals surface area (Å²) >= 11 is 0. The Balaban J connectivity index is 2.31. The maximum absolute atomic E-state index is 11.7. The molecule has 0 radical (unpaired) electrons. The van der Waals surface area contributed by atoms with Crippen molar-refractivity contribution in [1.29, 1.82) is 0 Å². The lowest BCUT2D eigenvalue weighted by atomic mass is 10.1. The van der Waals surface area contributed by atoms with E-state index in [9.17, 15) is 4.79 Å². The Morgan fingerprint density at radius 2 is 2.19 bits per heavy atom. The first-order valence-corrected chi connectivity index (χ1v) is 5.33. The van der Waals surface area contributed by atoms with Crippen molar-refractivity contribution in [1.82, 2.24) is 19.8 Å². The summed E-state index contributed by atoms with van der Waals surface area (Å²) in [6.45, 7) is 1.78. The van der Waals surface area contributed by atoms with Crippen molar-refractivity contribution >= 4 is 5.91 Å². The summed E-state index contributed by atoms with van der Waals surface area (Å²) in [5, 5.41) is 0. The third-order valence-corrected chi connectivity index (χ3v) is 2.71. The summed E-state index contributed by atoms with van der Waals surface area (Å²) in [6.07, 6.45) is 2.49. The molecule has 16 heavy (non-hydrogen) atoms. The number of hydrogen-bond acceptors (Lipinski definition) is 4. The van der Waals surface area contributed by atoms with E-state index in [4.69, 9.17) is 0 Å². The van der Waals surface area contributed by atoms with Crippen LogP contribution >= 0.6 is 0 Å². The molecule has 2 rings (SSSR count). The molecule has 2 heterocycles. The van der Waals surface area contributed by atoms with Crippen LogP contribution in [0.2, 0.25) is 0 Å². The van der Waals surface area contributed by atoms with Crippen LogP contribution in [-0.2, 0) is 13.0 Å². The van der Waals surface area contributed by atoms with Crippen molar-refractivity contribution in [2.45, 2.75) is 13.0 Å². The first-order chi connectivity index (χ1) is 7.58. The number of rotatable bonds is 1. The molecule has 0 unspecified atom stereocenters. The van der Waals surface area contributed by atoms with Crippen molar-refractivity contribution in [3.8, 4) is 0 Å². The van der Waals surface area contributed by atoms with E-state index in [1.807, 2.05) is 7.05 Å². The van der Waals surface area contributed by atoms with Crippen molar-refractivity contribution < 1.29 is 4.79 Å². The Bertz CT molecular complexity index is 416. The van der Waals surface area contributed by atoms with Gasteiger partial charge in [-0.3, -0.25) is 9.78 Å². The molecule has 0 fully saturated rings. The van der Waals surface area contributed by atoms with Gasteiger partial charge in [-0.1, -0.05) is 0 Å². The van der Waals surface area contributed by atoms with Crippen LogP contribution in [0.3, 0.4) is 0 Å². The maximum Gasteiger partial charge on any atom is 0.273 e. The molecule has 0 atom stereocenters. The highest BCUT2D eigenvalue weighted by molar-refractivity contribution is 5.91. The Hall–Kier alpha value is -1.49. The van der Waals surface area contributed by atoms with Gasteiger partial charge >= 0.3 is 0 Å². The monoisotopic (exact) mass is 220 g/mol. The standard InChI is InChI=1S/C11H16N4O/c1-14(2)11(16)9-6-12-8-4-5-15(3)7-10(8)13-9/h6H,4-5,7H2,1-3H3. The molecule has 0 aliphatic carbocycles. The lowest BCUT2D eigenvalue weighted by molar-refractivity contribution is 0.0820. The normalized spacial score (nSPS) is 15.7. The van der Waals surface area contributed by atoms with Gasteiger partial charge in [0, 0.05) is 33.6 Å². The summed E-state index contributed by atoms with van der Waals surface area (Å²) in [5.74, 6) is -0.0940. The SMILES string of the molecule is CN1CCc2ncc(C(=O)N(C)C)nc2C1. The Labute approximate surface area is 95.1 Å². The number of hydrogen-bond donors (Lipinski definition) is 0. The fourth-order valence-electron chi connectivity index (χ4n) is 1.75. The smallest absolute Gasteiger partial charge is 0.273 e. The minimum absolute atomic E-state index is 0.0940. The van der Waals surface area contributed by atoms with Crippen LogP contribution in [0.25, 0.3) is 0 Å². The summed E-state index contributed by atoms with van der Waals surface area (Å²) in [5.41, 5.74) is 2.38. The molecule has 1 aliphatic heterocycles. The van der Waals surface area contributed by atoms with E-state index in [2.05, 4.69) is 14.9 Å². The average molecular weight is 220 g/mol. The van der Waals surface area contributed by atoms with Crippen molar-refractivity contribution in [2.75, 3.05) is 27.7 Å². The van der Waals surface area contributed by atoms with Gasteiger partial charge in [-0.2, -0.15) is 0 Å². The van der Waals surface area contributed by atoms with E-state index in [0.29, 0.717) is 5.69 Å². The zero-order valence-corrected chi connectivity index (χ0v) is 9.90. The molecule has 0 N–H and O–H groups in total. The van der Waals surface area contributed by atoms with Gasteiger partial charge in [0.05, 0.1) is 17.6 Å². The van der Waals surface area contributed by atoms with Crippen LogP contribution in [-0.4, -0.2) is 53.4 Å². The van der Waals surface area contributed by atoms with E-state index in [-0.39, 0.29) is 5.91 Å². The van der Waals surface area contributed by atoms with Gasteiger partial charge in [-0.15, -0.1) is 0 Å². The van der Waals surface area contributed by atoms with Crippen molar-refractivity contribution in [2.24, 2.45) is 0 Å². The zero-order valence-electron chi connectivity index (χ0n) is 9.90. The van der Waals surface area contributed by atoms with Crippen LogP contribution in [0.15, 0.2) is 6.20 Å². The second-order valence-electron chi connectivity index (χ2n) is 4.34. The van der Waals surface area contributed by atoms with Crippen LogP contribution in [0, 0.1) is 0 Å². The van der Waals surface area contributed by atoms with Gasteiger partial charge < -0.3 is 9.80 Å². The largest absolute Gasteiger partial charge is 0.343 e. The molecule has 0 bridgehead atoms. The summed E-state index contributed by atoms with van der Waals surface area (Å²) in [7, 11) is 5.48. The third-order valence-electron chi connectivity index (χ3n) is 2.71. The third kappa shape index (κ3) is 2.04. The lowest BCUT2D eigenvalue weighted by Gasteiger charge is -2.23. The van der Waals surface area contributed by atoms with E-state index in [1.54, 1.807) is 20.3 Å². The van der Waals surface area contributed by atoms with Crippen LogP contribution in [0.1, 0.15) is 21.9 Å². The fraction of sp³-hybridized carbons (Fsp3) is 0.545. The summed E-state index contributed by atoms with van der Waals surface area (Å²) < 4.78 is 0. The second-order valence-corrected chi connectivity index (χ2v) is 4.34. The van der Waals surface area contributed by atoms with Crippen LogP contribution < -0.4 is 0 Å². The lowest BCUT2D eigenvalue weighted by Crippen LogP contribution is -2.30. The van der Waals surface area contributed by atoms with Gasteiger partial charge in [0.15, 0.2) is 0 Å². The zero-order chi connectivity index (χ0) is 11.7. The quantitative estimate of drug-likeness (QED) is 0.677. The minimum atomic E-state index is -0.0940. The van der Waals surface area contributed by atoms with Crippen LogP contribution in [0.4, 0.5) is 0 Å². The minimum Gasteiger partial charge on any atom is -0.343 e. The van der Waals surface area contributed by atoms with Gasteiger partial charge in [0.2, 0.25) is 0 Å². The number of carbonyl (C=O) groups is 1. The van der Waals surface area contributed by atoms with E-state index in [1.165, 1.54) is 4.90 Å². The average Bonchev–Trinajstić information content (AvgIpc) is 2.26. The first-order valence-electron chi connectivity index (χ1n) is 5.33. The summed E-state index contributed by atoms with van der Waals surface area (Å²) in [6, 6.07) is 0. The van der Waals surface area contributed by atoms with Gasteiger partial charge in [0.25, 0.3) is 5.91 Å². The fourth-order valence-corrected chi connectivity index (χ4v) is 1.75. The highest BCUT2D eigenvalue weighted by Crippen LogP contribution is 2.14. The Morgan fingerprint density at radius 3 is 2.88 bits per heavy atom. The van der Waals surface area contributed by atoms with E-state index < -0.39 is 0 Å². The van der Waals surface area contributed by atoms with E-state index >= 15 is 0 Å². The predicted octanol–water partition coefficient (Wildman–Crippen LogP) is 0.166. The molecule has 5 heteroatoms. The molecule has 86 valence electrons. The first kappa shape index (κ1) is 11.0. The molecule has 0 aromatic carbocycles. The molecular weight excluding hydrogens is 204 g/mol. The molecule has 0 saturated heterocycles. The van der Waals surface area contributed by atoms with Gasteiger partial charge in [-0.25, -0.2) is 4.98 Å². The van der Waals surface area contributed by atoms with Crippen molar-refractivity contribution in [3.05, 3.63) is 23.3 Å². The Morgan fingerprint density at radius 1 is 1.44 bits per heavy atom. The van der Waals surface area contributed by atoms with E-state index in [0.717, 1.165) is 30.9 Å². The predicted molar refractivity (Wildman–Crippen MR) is 60.1 cm³/mol. The Kier molecular flexibility index (Phi) is 2.87. The highest BCUT2D eigenvalue weighted by atomic mass is 16.2. The highest BCUT2D eigenvalue weighted by Gasteiger charge is 2.18. The molecule has 1 aromatic heterocycles. The number of amides is 1. The number of likely N-dealkylation sites (N-methyl/N-ethyl adjacent to an activating group) is 1. The topological polar surface area (TPSA) is 49.3 Å². The van der Waals surface area contributed by atoms with Gasteiger partial charge in [-0.05, 0) is 7.05 Å². The second kappa shape index (κ2) is 4.17. The van der Waals surface area contributed by atoms with Crippen molar-refractivity contribution in [3.63, 3.8) is 0 Å². The molecule has 1 aliphatic rings. The molecule has 5 nitrogen and oxygen atoms in total. The molecule has 0 spiro atoms. The molecular formula is C11H16N4O. The van der Waals surface area contributed by atoms with Gasteiger partial charge in [0.1, 0.15) is 5.69 Å². The number of aromatic nitrogens is 2. The molecule has 1 amide bonds. The van der Waals surface area contributed by atoms with Crippen LogP contribution in [0.5, 0.6) is 0 Å². The summed E-state index contributed by atoms with van der Waals surface area (Å²) in [4.78, 5) is 24.1.